The van der Waals surface area contributed by atoms with Crippen molar-refractivity contribution >= 4 is 16.3 Å². The Hall–Kier alpha value is -3.46. The van der Waals surface area contributed by atoms with Gasteiger partial charge in [0.1, 0.15) is 11.5 Å². The molecule has 0 saturated carbocycles. The minimum absolute atomic E-state index is 0.661. The lowest BCUT2D eigenvalue weighted by Gasteiger charge is -1.99. The maximum atomic E-state index is 5.37. The summed E-state index contributed by atoms with van der Waals surface area (Å²) in [5, 5.41) is 21.3. The molecule has 0 atom stereocenters. The van der Waals surface area contributed by atoms with Gasteiger partial charge in [-0.05, 0) is 43.3 Å². The van der Waals surface area contributed by atoms with E-state index >= 15 is 0 Å². The molecule has 0 bridgehead atoms. The predicted molar refractivity (Wildman–Crippen MR) is 101 cm³/mol. The predicted octanol–water partition coefficient (Wildman–Crippen LogP) is 3.82. The number of H-pyrrole nitrogens is 1. The van der Waals surface area contributed by atoms with Gasteiger partial charge in [0.25, 0.3) is 0 Å². The van der Waals surface area contributed by atoms with Crippen LogP contribution in [-0.2, 0) is 0 Å². The van der Waals surface area contributed by atoms with Crippen molar-refractivity contribution in [2.75, 3.05) is 7.11 Å². The van der Waals surface area contributed by atoms with E-state index in [-0.39, 0.29) is 0 Å². The zero-order chi connectivity index (χ0) is 18.4. The highest BCUT2D eigenvalue weighted by Gasteiger charge is 2.18. The number of hydrogen-bond donors (Lipinski definition) is 1. The Labute approximate surface area is 157 Å². The molecule has 5 aromatic rings. The van der Waals surface area contributed by atoms with Gasteiger partial charge in [-0.2, -0.15) is 14.7 Å². The van der Waals surface area contributed by atoms with Crippen LogP contribution in [0.4, 0.5) is 0 Å². The highest BCUT2D eigenvalue weighted by Crippen LogP contribution is 2.30. The zero-order valence-electron chi connectivity index (χ0n) is 14.5. The number of hydrogen-bond acceptors (Lipinski definition) is 7. The number of aromatic nitrogens is 6. The van der Waals surface area contributed by atoms with E-state index in [1.807, 2.05) is 43.3 Å². The van der Waals surface area contributed by atoms with Gasteiger partial charge in [0.05, 0.1) is 30.3 Å². The van der Waals surface area contributed by atoms with Crippen molar-refractivity contribution in [2.45, 2.75) is 6.92 Å². The molecule has 134 valence electrons. The van der Waals surface area contributed by atoms with Crippen LogP contribution in [0.2, 0.25) is 0 Å². The summed E-state index contributed by atoms with van der Waals surface area (Å²) in [6.45, 7) is 1.89. The lowest BCUT2D eigenvalue weighted by molar-refractivity contribution is 0.415. The fourth-order valence-corrected chi connectivity index (χ4v) is 3.66. The molecule has 4 aromatic heterocycles. The number of ether oxygens (including phenoxy) is 1. The van der Waals surface area contributed by atoms with Crippen molar-refractivity contribution in [3.8, 4) is 39.1 Å². The molecule has 0 fully saturated rings. The Morgan fingerprint density at radius 3 is 2.74 bits per heavy atom. The Morgan fingerprint density at radius 1 is 1.15 bits per heavy atom. The summed E-state index contributed by atoms with van der Waals surface area (Å²) in [5.41, 5.74) is 3.54. The average molecular weight is 378 g/mol. The lowest BCUT2D eigenvalue weighted by Crippen LogP contribution is -1.91. The van der Waals surface area contributed by atoms with Crippen molar-refractivity contribution in [2.24, 2.45) is 0 Å². The van der Waals surface area contributed by atoms with Crippen LogP contribution < -0.4 is 4.74 Å². The maximum absolute atomic E-state index is 5.37. The summed E-state index contributed by atoms with van der Waals surface area (Å²) in [6.07, 6.45) is 1.63. The molecule has 1 N–H and O–H groups in total. The number of methoxy groups -OCH3 is 1. The van der Waals surface area contributed by atoms with E-state index in [4.69, 9.17) is 9.15 Å². The van der Waals surface area contributed by atoms with Gasteiger partial charge in [0.2, 0.25) is 4.96 Å². The van der Waals surface area contributed by atoms with E-state index in [1.54, 1.807) is 17.9 Å². The van der Waals surface area contributed by atoms with Crippen LogP contribution in [0.25, 0.3) is 38.3 Å². The quantitative estimate of drug-likeness (QED) is 0.511. The van der Waals surface area contributed by atoms with Crippen LogP contribution in [0.5, 0.6) is 5.75 Å². The number of aryl methyl sites for hydroxylation is 1. The molecule has 27 heavy (non-hydrogen) atoms. The van der Waals surface area contributed by atoms with E-state index in [0.29, 0.717) is 10.8 Å². The molecule has 0 aliphatic rings. The van der Waals surface area contributed by atoms with Crippen LogP contribution in [0.15, 0.2) is 47.1 Å². The summed E-state index contributed by atoms with van der Waals surface area (Å²) in [6, 6.07) is 11.6. The molecule has 0 aliphatic heterocycles. The summed E-state index contributed by atoms with van der Waals surface area (Å²) in [5.74, 6) is 2.25. The second kappa shape index (κ2) is 6.06. The molecular weight excluding hydrogens is 364 g/mol. The number of nitrogens with zero attached hydrogens (tertiary/aromatic N) is 5. The normalized spacial score (nSPS) is 11.3. The molecule has 4 heterocycles. The standard InChI is InChI=1S/C18H14N6O2S/c1-10-13(7-8-26-10)16-21-22-18-24(16)23-17(27-18)15-9-14(19-20-15)11-3-5-12(25-2)6-4-11/h3-9H,1-2H3,(H,19,20). The van der Waals surface area contributed by atoms with Crippen molar-refractivity contribution < 1.29 is 9.15 Å². The van der Waals surface area contributed by atoms with Crippen LogP contribution in [0, 0.1) is 6.92 Å². The van der Waals surface area contributed by atoms with Crippen molar-refractivity contribution in [3.05, 3.63) is 48.4 Å². The first-order valence-electron chi connectivity index (χ1n) is 8.20. The smallest absolute Gasteiger partial charge is 0.235 e. The minimum Gasteiger partial charge on any atom is -0.497 e. The van der Waals surface area contributed by atoms with E-state index in [2.05, 4.69) is 25.5 Å². The number of furan rings is 1. The minimum atomic E-state index is 0.661. The lowest BCUT2D eigenvalue weighted by atomic mass is 10.1. The van der Waals surface area contributed by atoms with Gasteiger partial charge in [-0.3, -0.25) is 5.10 Å². The van der Waals surface area contributed by atoms with E-state index in [1.165, 1.54) is 11.3 Å². The van der Waals surface area contributed by atoms with E-state index in [9.17, 15) is 0 Å². The van der Waals surface area contributed by atoms with Gasteiger partial charge in [-0.1, -0.05) is 11.3 Å². The first-order chi connectivity index (χ1) is 13.2. The van der Waals surface area contributed by atoms with Gasteiger partial charge in [-0.25, -0.2) is 0 Å². The number of rotatable bonds is 4. The van der Waals surface area contributed by atoms with Crippen molar-refractivity contribution in [3.63, 3.8) is 0 Å². The zero-order valence-corrected chi connectivity index (χ0v) is 15.3. The monoisotopic (exact) mass is 378 g/mol. The summed E-state index contributed by atoms with van der Waals surface area (Å²) in [4.78, 5) is 0.709. The second-order valence-corrected chi connectivity index (χ2v) is 6.87. The van der Waals surface area contributed by atoms with Gasteiger partial charge in [0.15, 0.2) is 10.8 Å². The first kappa shape index (κ1) is 15.8. The highest BCUT2D eigenvalue weighted by atomic mass is 32.1. The average Bonchev–Trinajstić information content (AvgIpc) is 3.45. The fraction of sp³-hybridized carbons (Fsp3) is 0.111. The fourth-order valence-electron chi connectivity index (χ4n) is 2.85. The molecule has 0 unspecified atom stereocenters. The second-order valence-electron chi connectivity index (χ2n) is 5.91. The van der Waals surface area contributed by atoms with Gasteiger partial charge >= 0.3 is 0 Å². The number of fused-ring (bicyclic) bond motifs is 1. The molecule has 0 aliphatic carbocycles. The summed E-state index contributed by atoms with van der Waals surface area (Å²) >= 11 is 1.45. The maximum Gasteiger partial charge on any atom is 0.235 e. The molecule has 5 rings (SSSR count). The Morgan fingerprint density at radius 2 is 2.00 bits per heavy atom. The summed E-state index contributed by atoms with van der Waals surface area (Å²) in [7, 11) is 1.65. The van der Waals surface area contributed by atoms with Crippen LogP contribution in [-0.4, -0.2) is 37.1 Å². The van der Waals surface area contributed by atoms with Crippen LogP contribution >= 0.6 is 11.3 Å². The third kappa shape index (κ3) is 2.59. The number of nitrogens with one attached hydrogen (secondary N) is 1. The third-order valence-electron chi connectivity index (χ3n) is 4.28. The largest absolute Gasteiger partial charge is 0.497 e. The Balaban J connectivity index is 1.52. The van der Waals surface area contributed by atoms with Gasteiger partial charge in [-0.15, -0.1) is 10.2 Å². The first-order valence-corrected chi connectivity index (χ1v) is 9.01. The van der Waals surface area contributed by atoms with Crippen molar-refractivity contribution in [1.29, 1.82) is 0 Å². The molecule has 1 aromatic carbocycles. The van der Waals surface area contributed by atoms with E-state index < -0.39 is 0 Å². The number of aromatic amines is 1. The van der Waals surface area contributed by atoms with Crippen molar-refractivity contribution in [1.82, 2.24) is 30.0 Å². The molecule has 0 radical (unpaired) electrons. The molecule has 0 spiro atoms. The van der Waals surface area contributed by atoms with Crippen LogP contribution in [0.3, 0.4) is 0 Å². The molecule has 8 nitrogen and oxygen atoms in total. The SMILES string of the molecule is COc1ccc(-c2cc(-c3nn4c(-c5ccoc5C)nnc4s3)[nH]n2)cc1. The number of benzene rings is 1. The van der Waals surface area contributed by atoms with Gasteiger partial charge < -0.3 is 9.15 Å². The van der Waals surface area contributed by atoms with Gasteiger partial charge in [0, 0.05) is 5.56 Å². The van der Waals surface area contributed by atoms with E-state index in [0.717, 1.165) is 39.0 Å². The molecule has 9 heteroatoms. The van der Waals surface area contributed by atoms with Crippen LogP contribution in [0.1, 0.15) is 5.76 Å². The molecule has 0 saturated heterocycles. The summed E-state index contributed by atoms with van der Waals surface area (Å²) < 4.78 is 12.3. The highest BCUT2D eigenvalue weighted by molar-refractivity contribution is 7.19. The molecule has 0 amide bonds. The Bertz CT molecular complexity index is 1230. The molecular formula is C18H14N6O2S. The third-order valence-corrected chi connectivity index (χ3v) is 5.22. The Kier molecular flexibility index (Phi) is 3.54. The topological polar surface area (TPSA) is 94.1 Å².